The molecule has 0 spiro atoms. The lowest BCUT2D eigenvalue weighted by atomic mass is 9.74. The smallest absolute Gasteiger partial charge is 0.124 e. The van der Waals surface area contributed by atoms with E-state index in [1.807, 2.05) is 6.92 Å². The van der Waals surface area contributed by atoms with Crippen LogP contribution in [0.3, 0.4) is 0 Å². The third-order valence-corrected chi connectivity index (χ3v) is 4.64. The Morgan fingerprint density at radius 1 is 1.29 bits per heavy atom. The molecule has 0 fully saturated rings. The van der Waals surface area contributed by atoms with Crippen molar-refractivity contribution in [2.24, 2.45) is 5.92 Å². The summed E-state index contributed by atoms with van der Waals surface area (Å²) in [6.45, 7) is 17.2. The average molecular weight is 290 g/mol. The van der Waals surface area contributed by atoms with Crippen molar-refractivity contribution in [2.75, 3.05) is 0 Å². The molecule has 1 aromatic rings. The Kier molecular flexibility index (Phi) is 3.80. The van der Waals surface area contributed by atoms with E-state index >= 15 is 0 Å². The Labute approximate surface area is 129 Å². The van der Waals surface area contributed by atoms with Gasteiger partial charge in [-0.1, -0.05) is 34.6 Å². The molecule has 0 amide bonds. The lowest BCUT2D eigenvalue weighted by molar-refractivity contribution is 0.0632. The van der Waals surface area contributed by atoms with Crippen LogP contribution in [-0.2, 0) is 5.41 Å². The van der Waals surface area contributed by atoms with Crippen LogP contribution in [0.2, 0.25) is 0 Å². The van der Waals surface area contributed by atoms with Gasteiger partial charge in [-0.25, -0.2) is 0 Å². The molecule has 1 heterocycles. The summed E-state index contributed by atoms with van der Waals surface area (Å²) in [5.74, 6) is 2.37. The highest BCUT2D eigenvalue weighted by molar-refractivity contribution is 5.57. The zero-order valence-electron chi connectivity index (χ0n) is 14.8. The van der Waals surface area contributed by atoms with Crippen LogP contribution in [-0.4, -0.2) is 10.7 Å². The molecule has 1 atom stereocenters. The van der Waals surface area contributed by atoms with Crippen molar-refractivity contribution >= 4 is 0 Å². The molecule has 21 heavy (non-hydrogen) atoms. The van der Waals surface area contributed by atoms with Gasteiger partial charge in [0.1, 0.15) is 17.1 Å². The normalized spacial score (nSPS) is 21.1. The molecule has 2 heteroatoms. The zero-order chi connectivity index (χ0) is 16.2. The van der Waals surface area contributed by atoms with E-state index < -0.39 is 0 Å². The summed E-state index contributed by atoms with van der Waals surface area (Å²) in [6.07, 6.45) is 0.993. The molecule has 1 aliphatic rings. The van der Waals surface area contributed by atoms with Crippen LogP contribution in [0.15, 0.2) is 6.07 Å². The van der Waals surface area contributed by atoms with Crippen LogP contribution >= 0.6 is 0 Å². The van der Waals surface area contributed by atoms with E-state index in [2.05, 4.69) is 54.5 Å². The predicted molar refractivity (Wildman–Crippen MR) is 88.4 cm³/mol. The lowest BCUT2D eigenvalue weighted by Gasteiger charge is -2.41. The van der Waals surface area contributed by atoms with Gasteiger partial charge < -0.3 is 9.84 Å². The number of fused-ring (bicyclic) bond motifs is 1. The number of hydrogen-bond donors (Lipinski definition) is 1. The summed E-state index contributed by atoms with van der Waals surface area (Å²) < 4.78 is 6.26. The van der Waals surface area contributed by atoms with Crippen molar-refractivity contribution in [1.82, 2.24) is 0 Å². The van der Waals surface area contributed by atoms with E-state index in [0.717, 1.165) is 23.3 Å². The summed E-state index contributed by atoms with van der Waals surface area (Å²) >= 11 is 0. The lowest BCUT2D eigenvalue weighted by Crippen LogP contribution is -2.37. The van der Waals surface area contributed by atoms with E-state index in [1.54, 1.807) is 0 Å². The number of hydrogen-bond acceptors (Lipinski definition) is 2. The molecule has 0 radical (unpaired) electrons. The molecule has 2 nitrogen and oxygen atoms in total. The van der Waals surface area contributed by atoms with E-state index in [-0.39, 0.29) is 11.0 Å². The number of aromatic hydroxyl groups is 1. The van der Waals surface area contributed by atoms with Crippen molar-refractivity contribution < 1.29 is 9.84 Å². The van der Waals surface area contributed by atoms with Gasteiger partial charge in [-0.05, 0) is 56.1 Å². The first-order chi connectivity index (χ1) is 9.44. The molecule has 1 N–H and O–H groups in total. The molecule has 1 aromatic carbocycles. The second-order valence-corrected chi connectivity index (χ2v) is 8.48. The average Bonchev–Trinajstić information content (AvgIpc) is 2.29. The van der Waals surface area contributed by atoms with E-state index in [0.29, 0.717) is 17.6 Å². The molecule has 0 bridgehead atoms. The zero-order valence-corrected chi connectivity index (χ0v) is 14.8. The maximum Gasteiger partial charge on any atom is 0.124 e. The Balaban J connectivity index is 2.70. The van der Waals surface area contributed by atoms with E-state index in [4.69, 9.17) is 4.74 Å². The minimum Gasteiger partial charge on any atom is -0.507 e. The number of rotatable bonds is 1. The molecule has 1 aliphatic heterocycles. The van der Waals surface area contributed by atoms with Gasteiger partial charge >= 0.3 is 0 Å². The summed E-state index contributed by atoms with van der Waals surface area (Å²) in [7, 11) is 0. The molecule has 0 aromatic heterocycles. The highest BCUT2D eigenvalue weighted by Crippen LogP contribution is 2.50. The van der Waals surface area contributed by atoms with Gasteiger partial charge in [0, 0.05) is 11.1 Å². The number of benzene rings is 1. The number of phenolic OH excluding ortho intramolecular Hbond substituents is 1. The van der Waals surface area contributed by atoms with Gasteiger partial charge in [0.15, 0.2) is 0 Å². The molecule has 0 saturated heterocycles. The van der Waals surface area contributed by atoms with Crippen molar-refractivity contribution in [3.8, 4) is 11.5 Å². The number of phenols is 1. The van der Waals surface area contributed by atoms with Crippen LogP contribution in [0.25, 0.3) is 0 Å². The van der Waals surface area contributed by atoms with Crippen LogP contribution in [0.4, 0.5) is 0 Å². The third kappa shape index (κ3) is 2.90. The Morgan fingerprint density at radius 2 is 1.86 bits per heavy atom. The maximum atomic E-state index is 10.7. The molecular formula is C19H30O2. The van der Waals surface area contributed by atoms with Crippen LogP contribution in [0.1, 0.15) is 77.5 Å². The minimum absolute atomic E-state index is 0.0951. The summed E-state index contributed by atoms with van der Waals surface area (Å²) in [4.78, 5) is 0. The molecule has 1 unspecified atom stereocenters. The summed E-state index contributed by atoms with van der Waals surface area (Å²) in [6, 6.07) is 2.06. The first kappa shape index (κ1) is 16.2. The third-order valence-electron chi connectivity index (χ3n) is 4.64. The van der Waals surface area contributed by atoms with Gasteiger partial charge in [-0.2, -0.15) is 0 Å². The SMILES string of the molecule is Cc1c(O)c(C(C)(C)C)cc2c1C(C(C)C)CC(C)(C)O2. The fourth-order valence-electron chi connectivity index (χ4n) is 3.45. The minimum atomic E-state index is -0.152. The second kappa shape index (κ2) is 4.93. The van der Waals surface area contributed by atoms with E-state index in [1.165, 1.54) is 5.56 Å². The van der Waals surface area contributed by atoms with Crippen molar-refractivity contribution in [3.63, 3.8) is 0 Å². The van der Waals surface area contributed by atoms with Crippen LogP contribution in [0, 0.1) is 12.8 Å². The van der Waals surface area contributed by atoms with Gasteiger partial charge in [-0.15, -0.1) is 0 Å². The first-order valence-electron chi connectivity index (χ1n) is 8.00. The van der Waals surface area contributed by atoms with Gasteiger partial charge in [0.2, 0.25) is 0 Å². The highest BCUT2D eigenvalue weighted by Gasteiger charge is 2.38. The molecule has 0 saturated carbocycles. The summed E-state index contributed by atoms with van der Waals surface area (Å²) in [5.41, 5.74) is 2.92. The Bertz CT molecular complexity index is 548. The fourth-order valence-corrected chi connectivity index (χ4v) is 3.45. The Hall–Kier alpha value is -1.18. The van der Waals surface area contributed by atoms with Gasteiger partial charge in [-0.3, -0.25) is 0 Å². The molecular weight excluding hydrogens is 260 g/mol. The van der Waals surface area contributed by atoms with Crippen LogP contribution < -0.4 is 4.74 Å². The van der Waals surface area contributed by atoms with E-state index in [9.17, 15) is 5.11 Å². The standard InChI is InChI=1S/C19H30O2/c1-11(2)13-10-19(7,8)21-15-9-14(18(4,5)6)17(20)12(3)16(13)15/h9,11,13,20H,10H2,1-8H3. The van der Waals surface area contributed by atoms with Crippen LogP contribution in [0.5, 0.6) is 11.5 Å². The van der Waals surface area contributed by atoms with Crippen molar-refractivity contribution in [2.45, 2.75) is 78.7 Å². The van der Waals surface area contributed by atoms with Gasteiger partial charge in [0.05, 0.1) is 0 Å². The second-order valence-electron chi connectivity index (χ2n) is 8.48. The highest BCUT2D eigenvalue weighted by atomic mass is 16.5. The predicted octanol–water partition coefficient (Wildman–Crippen LogP) is 5.30. The quantitative estimate of drug-likeness (QED) is 0.760. The topological polar surface area (TPSA) is 29.5 Å². The maximum absolute atomic E-state index is 10.7. The largest absolute Gasteiger partial charge is 0.507 e. The van der Waals surface area contributed by atoms with Crippen molar-refractivity contribution in [3.05, 3.63) is 22.8 Å². The molecule has 0 aliphatic carbocycles. The van der Waals surface area contributed by atoms with Gasteiger partial charge in [0.25, 0.3) is 0 Å². The molecule has 2 rings (SSSR count). The Morgan fingerprint density at radius 3 is 2.33 bits per heavy atom. The molecule has 118 valence electrons. The fraction of sp³-hybridized carbons (Fsp3) is 0.684. The summed E-state index contributed by atoms with van der Waals surface area (Å²) in [5, 5.41) is 10.7. The monoisotopic (exact) mass is 290 g/mol. The first-order valence-corrected chi connectivity index (χ1v) is 8.00. The number of ether oxygens (including phenoxy) is 1. The van der Waals surface area contributed by atoms with Crippen molar-refractivity contribution in [1.29, 1.82) is 0 Å².